The fraction of sp³-hybridized carbons (Fsp3) is 0.455. The van der Waals surface area contributed by atoms with E-state index in [4.69, 9.17) is 16.2 Å². The van der Waals surface area contributed by atoms with E-state index in [1.54, 1.807) is 6.07 Å². The second kappa shape index (κ2) is 4.57. The first-order chi connectivity index (χ1) is 7.88. The molecule has 1 heterocycles. The van der Waals surface area contributed by atoms with Crippen LogP contribution in [0.25, 0.3) is 0 Å². The van der Waals surface area contributed by atoms with Gasteiger partial charge in [-0.1, -0.05) is 24.6 Å². The van der Waals surface area contributed by atoms with Gasteiger partial charge in [-0.2, -0.15) is 12.7 Å². The zero-order valence-corrected chi connectivity index (χ0v) is 11.0. The number of hydrogen-bond acceptors (Lipinski definition) is 2. The van der Waals surface area contributed by atoms with Crippen molar-refractivity contribution in [1.82, 2.24) is 4.31 Å². The van der Waals surface area contributed by atoms with Gasteiger partial charge >= 0.3 is 10.3 Å². The molecule has 0 bridgehead atoms. The molecule has 0 saturated heterocycles. The van der Waals surface area contributed by atoms with Crippen LogP contribution in [0.15, 0.2) is 18.2 Å². The van der Waals surface area contributed by atoms with Gasteiger partial charge in [0.2, 0.25) is 0 Å². The van der Waals surface area contributed by atoms with Gasteiger partial charge < -0.3 is 0 Å². The van der Waals surface area contributed by atoms with Crippen molar-refractivity contribution in [3.05, 3.63) is 34.3 Å². The number of halogens is 1. The maximum absolute atomic E-state index is 11.2. The number of benzene rings is 1. The Hall–Kier alpha value is -0.620. The van der Waals surface area contributed by atoms with Gasteiger partial charge in [0.05, 0.1) is 0 Å². The SMILES string of the molecule is CC1CN(S(=O)(=O)O)CCc2ccc(Cl)cc21. The molecule has 17 heavy (non-hydrogen) atoms. The number of rotatable bonds is 1. The largest absolute Gasteiger partial charge is 0.335 e. The normalized spacial score (nSPS) is 21.9. The van der Waals surface area contributed by atoms with Crippen molar-refractivity contribution in [2.45, 2.75) is 19.3 Å². The van der Waals surface area contributed by atoms with Gasteiger partial charge in [-0.15, -0.1) is 0 Å². The van der Waals surface area contributed by atoms with Crippen molar-refractivity contribution in [2.24, 2.45) is 0 Å². The van der Waals surface area contributed by atoms with Crippen LogP contribution in [0.2, 0.25) is 5.02 Å². The Morgan fingerprint density at radius 1 is 1.47 bits per heavy atom. The van der Waals surface area contributed by atoms with Crippen LogP contribution in [0.5, 0.6) is 0 Å². The molecule has 94 valence electrons. The second-order valence-electron chi connectivity index (χ2n) is 4.33. The molecule has 1 aromatic rings. The molecule has 1 aliphatic rings. The summed E-state index contributed by atoms with van der Waals surface area (Å²) < 4.78 is 32.5. The maximum Gasteiger partial charge on any atom is 0.335 e. The molecule has 1 atom stereocenters. The van der Waals surface area contributed by atoms with Crippen LogP contribution in [-0.4, -0.2) is 30.4 Å². The van der Waals surface area contributed by atoms with E-state index >= 15 is 0 Å². The molecule has 1 aromatic carbocycles. The smallest absolute Gasteiger partial charge is 0.273 e. The van der Waals surface area contributed by atoms with Gasteiger partial charge in [0, 0.05) is 18.1 Å². The van der Waals surface area contributed by atoms with Crippen molar-refractivity contribution in [2.75, 3.05) is 13.1 Å². The summed E-state index contributed by atoms with van der Waals surface area (Å²) in [6, 6.07) is 5.59. The molecular weight excluding hydrogens is 262 g/mol. The quantitative estimate of drug-likeness (QED) is 0.799. The van der Waals surface area contributed by atoms with E-state index in [1.165, 1.54) is 0 Å². The molecule has 0 radical (unpaired) electrons. The second-order valence-corrected chi connectivity index (χ2v) is 6.18. The minimum absolute atomic E-state index is 0.0214. The van der Waals surface area contributed by atoms with Crippen molar-refractivity contribution in [1.29, 1.82) is 0 Å². The summed E-state index contributed by atoms with van der Waals surface area (Å²) in [5.74, 6) is 0.0214. The fourth-order valence-electron chi connectivity index (χ4n) is 2.20. The first-order valence-corrected chi connectivity index (χ1v) is 7.16. The highest BCUT2D eigenvalue weighted by Crippen LogP contribution is 2.28. The zero-order chi connectivity index (χ0) is 12.6. The highest BCUT2D eigenvalue weighted by Gasteiger charge is 2.26. The molecule has 1 N–H and O–H groups in total. The van der Waals surface area contributed by atoms with Gasteiger partial charge in [-0.25, -0.2) is 0 Å². The van der Waals surface area contributed by atoms with E-state index in [0.717, 1.165) is 15.4 Å². The summed E-state index contributed by atoms with van der Waals surface area (Å²) in [6.45, 7) is 2.52. The standard InChI is InChI=1S/C11H14ClNO3S/c1-8-7-13(17(14,15)16)5-4-9-2-3-10(12)6-11(8)9/h2-3,6,8H,4-5,7H2,1H3,(H,14,15,16). The van der Waals surface area contributed by atoms with Crippen LogP contribution in [0, 0.1) is 0 Å². The molecule has 1 unspecified atom stereocenters. The summed E-state index contributed by atoms with van der Waals surface area (Å²) in [5.41, 5.74) is 2.15. The topological polar surface area (TPSA) is 57.6 Å². The summed E-state index contributed by atoms with van der Waals surface area (Å²) >= 11 is 5.94. The van der Waals surface area contributed by atoms with Crippen LogP contribution in [0.3, 0.4) is 0 Å². The Morgan fingerprint density at radius 2 is 2.18 bits per heavy atom. The predicted molar refractivity (Wildman–Crippen MR) is 66.7 cm³/mol. The highest BCUT2D eigenvalue weighted by molar-refractivity contribution is 7.83. The zero-order valence-electron chi connectivity index (χ0n) is 9.43. The van der Waals surface area contributed by atoms with E-state index in [1.807, 2.05) is 19.1 Å². The average molecular weight is 276 g/mol. The summed E-state index contributed by atoms with van der Waals surface area (Å²) in [7, 11) is -4.11. The van der Waals surface area contributed by atoms with Crippen molar-refractivity contribution in [3.8, 4) is 0 Å². The summed E-state index contributed by atoms with van der Waals surface area (Å²) in [5, 5.41) is 0.649. The number of hydrogen-bond donors (Lipinski definition) is 1. The average Bonchev–Trinajstić information content (AvgIpc) is 2.38. The van der Waals surface area contributed by atoms with E-state index in [-0.39, 0.29) is 12.5 Å². The Morgan fingerprint density at radius 3 is 2.82 bits per heavy atom. The van der Waals surface area contributed by atoms with Gasteiger partial charge in [-0.05, 0) is 35.6 Å². The predicted octanol–water partition coefficient (Wildman–Crippen LogP) is 2.10. The van der Waals surface area contributed by atoms with Crippen molar-refractivity contribution >= 4 is 21.9 Å². The summed E-state index contributed by atoms with van der Waals surface area (Å²) in [4.78, 5) is 0. The lowest BCUT2D eigenvalue weighted by Crippen LogP contribution is -2.33. The number of nitrogens with zero attached hydrogens (tertiary/aromatic N) is 1. The lowest BCUT2D eigenvalue weighted by atomic mass is 9.96. The third kappa shape index (κ3) is 2.80. The molecule has 0 spiro atoms. The third-order valence-corrected chi connectivity index (χ3v) is 4.29. The first kappa shape index (κ1) is 12.8. The highest BCUT2D eigenvalue weighted by atomic mass is 35.5. The molecule has 2 rings (SSSR count). The first-order valence-electron chi connectivity index (χ1n) is 5.39. The molecule has 6 heteroatoms. The molecule has 0 aliphatic carbocycles. The van der Waals surface area contributed by atoms with Crippen molar-refractivity contribution in [3.63, 3.8) is 0 Å². The molecule has 0 saturated carbocycles. The number of fused-ring (bicyclic) bond motifs is 1. The van der Waals surface area contributed by atoms with E-state index in [2.05, 4.69) is 0 Å². The molecule has 0 fully saturated rings. The van der Waals surface area contributed by atoms with E-state index in [0.29, 0.717) is 18.0 Å². The fourth-order valence-corrected chi connectivity index (χ4v) is 3.12. The lowest BCUT2D eigenvalue weighted by Gasteiger charge is -2.18. The van der Waals surface area contributed by atoms with Crippen molar-refractivity contribution < 1.29 is 13.0 Å². The van der Waals surface area contributed by atoms with Crippen LogP contribution >= 0.6 is 11.6 Å². The van der Waals surface area contributed by atoms with Gasteiger partial charge in [0.25, 0.3) is 0 Å². The van der Waals surface area contributed by atoms with Gasteiger partial charge in [-0.3, -0.25) is 4.55 Å². The molecular formula is C11H14ClNO3S. The minimum Gasteiger partial charge on any atom is -0.273 e. The van der Waals surface area contributed by atoms with E-state index in [9.17, 15) is 8.42 Å². The maximum atomic E-state index is 11.2. The van der Waals surface area contributed by atoms with Crippen LogP contribution < -0.4 is 0 Å². The lowest BCUT2D eigenvalue weighted by molar-refractivity contribution is 0.348. The Balaban J connectivity index is 2.36. The van der Waals surface area contributed by atoms with Crippen LogP contribution in [0.4, 0.5) is 0 Å². The Bertz CT molecular complexity index is 530. The third-order valence-electron chi connectivity index (χ3n) is 3.07. The molecule has 1 aliphatic heterocycles. The summed E-state index contributed by atoms with van der Waals surface area (Å²) in [6.07, 6.45) is 0.594. The Kier molecular flexibility index (Phi) is 3.45. The molecule has 4 nitrogen and oxygen atoms in total. The van der Waals surface area contributed by atoms with E-state index < -0.39 is 10.3 Å². The molecule has 0 aromatic heterocycles. The van der Waals surface area contributed by atoms with Gasteiger partial charge in [0.1, 0.15) is 0 Å². The molecule has 0 amide bonds. The van der Waals surface area contributed by atoms with Crippen LogP contribution in [0.1, 0.15) is 24.0 Å². The monoisotopic (exact) mass is 275 g/mol. The Labute approximate surface area is 106 Å². The minimum atomic E-state index is -4.11. The van der Waals surface area contributed by atoms with Gasteiger partial charge in [0.15, 0.2) is 0 Å². The van der Waals surface area contributed by atoms with Crippen LogP contribution in [-0.2, 0) is 16.7 Å².